The molecule has 0 aromatic rings. The van der Waals surface area contributed by atoms with E-state index < -0.39 is 0 Å². The van der Waals surface area contributed by atoms with Gasteiger partial charge in [-0.1, -0.05) is 51.3 Å². The maximum atomic E-state index is 3.91. The molecule has 0 unspecified atom stereocenters. The molecule has 0 aromatic heterocycles. The van der Waals surface area contributed by atoms with Gasteiger partial charge in [0, 0.05) is 0 Å². The second-order valence-electron chi connectivity index (χ2n) is 2.39. The van der Waals surface area contributed by atoms with Gasteiger partial charge in [0.15, 0.2) is 0 Å². The van der Waals surface area contributed by atoms with Gasteiger partial charge in [-0.15, -0.1) is 0 Å². The topological polar surface area (TPSA) is 0 Å². The average molecular weight is 162 g/mol. The highest BCUT2D eigenvalue weighted by molar-refractivity contribution is 5.41. The Labute approximate surface area is 76.0 Å². The molecule has 0 nitrogen and oxygen atoms in total. The molecule has 0 heteroatoms. The van der Waals surface area contributed by atoms with Crippen LogP contribution in [0.25, 0.3) is 0 Å². The summed E-state index contributed by atoms with van der Waals surface area (Å²) in [6.45, 7) is 11.6. The molecule has 0 aliphatic heterocycles. The van der Waals surface area contributed by atoms with Gasteiger partial charge in [-0.2, -0.15) is 0 Å². The van der Waals surface area contributed by atoms with Crippen LogP contribution in [-0.2, 0) is 0 Å². The van der Waals surface area contributed by atoms with Gasteiger partial charge in [0.2, 0.25) is 0 Å². The normalized spacial score (nSPS) is 18.5. The lowest BCUT2D eigenvalue weighted by Crippen LogP contribution is -1.89. The predicted molar refractivity (Wildman–Crippen MR) is 57.1 cm³/mol. The first-order valence-electron chi connectivity index (χ1n) is 4.52. The molecule has 0 fully saturated rings. The number of allylic oxidation sites excluding steroid dienone is 6. The van der Waals surface area contributed by atoms with Crippen LogP contribution in [0, 0.1) is 0 Å². The van der Waals surface area contributed by atoms with Gasteiger partial charge in [0.05, 0.1) is 0 Å². The highest BCUT2D eigenvalue weighted by Crippen LogP contribution is 2.20. The zero-order valence-corrected chi connectivity index (χ0v) is 8.14. The quantitative estimate of drug-likeness (QED) is 0.546. The van der Waals surface area contributed by atoms with Gasteiger partial charge in [-0.05, 0) is 24.0 Å². The fourth-order valence-electron chi connectivity index (χ4n) is 1.06. The molecule has 1 aliphatic rings. The molecule has 0 saturated carbocycles. The van der Waals surface area contributed by atoms with E-state index in [9.17, 15) is 0 Å². The van der Waals surface area contributed by atoms with E-state index in [4.69, 9.17) is 0 Å². The van der Waals surface area contributed by atoms with Crippen molar-refractivity contribution >= 4 is 0 Å². The predicted octanol–water partition coefficient (Wildman–Crippen LogP) is 4.03. The summed E-state index contributed by atoms with van der Waals surface area (Å²) in [4.78, 5) is 0. The van der Waals surface area contributed by atoms with E-state index in [2.05, 4.69) is 25.3 Å². The molecular formula is C12H18. The maximum absolute atomic E-state index is 3.91. The van der Waals surface area contributed by atoms with E-state index in [1.54, 1.807) is 0 Å². The van der Waals surface area contributed by atoms with E-state index in [0.717, 1.165) is 18.4 Å². The minimum Gasteiger partial charge on any atom is -0.0991 e. The Bertz CT molecular complexity index is 204. The Morgan fingerprint density at radius 1 is 1.42 bits per heavy atom. The van der Waals surface area contributed by atoms with Crippen molar-refractivity contribution in [2.24, 2.45) is 0 Å². The number of hydrogen-bond donors (Lipinski definition) is 0. The van der Waals surface area contributed by atoms with Gasteiger partial charge >= 0.3 is 0 Å². The zero-order valence-electron chi connectivity index (χ0n) is 8.14. The van der Waals surface area contributed by atoms with E-state index in [1.165, 1.54) is 5.57 Å². The molecule has 0 amide bonds. The van der Waals surface area contributed by atoms with Gasteiger partial charge in [0.25, 0.3) is 0 Å². The summed E-state index contributed by atoms with van der Waals surface area (Å²) in [6, 6.07) is 0. The van der Waals surface area contributed by atoms with Crippen molar-refractivity contribution in [2.45, 2.75) is 26.7 Å². The Hall–Kier alpha value is -1.04. The van der Waals surface area contributed by atoms with Crippen molar-refractivity contribution < 1.29 is 0 Å². The lowest BCUT2D eigenvalue weighted by Gasteiger charge is -2.09. The summed E-state index contributed by atoms with van der Waals surface area (Å²) in [5, 5.41) is 0. The molecule has 0 heterocycles. The second kappa shape index (κ2) is 6.66. The van der Waals surface area contributed by atoms with Crippen molar-refractivity contribution in [3.8, 4) is 0 Å². The van der Waals surface area contributed by atoms with E-state index in [-0.39, 0.29) is 0 Å². The third-order valence-corrected chi connectivity index (χ3v) is 1.63. The first-order chi connectivity index (χ1) is 5.84. The zero-order chi connectivity index (χ0) is 9.40. The summed E-state index contributed by atoms with van der Waals surface area (Å²) >= 11 is 0. The fourth-order valence-corrected chi connectivity index (χ4v) is 1.06. The van der Waals surface area contributed by atoms with Crippen LogP contribution in [0.4, 0.5) is 0 Å². The SMILES string of the molecule is C=C/C=C1/CCC=CC1=C.CC. The highest BCUT2D eigenvalue weighted by atomic mass is 14.1. The third kappa shape index (κ3) is 3.38. The molecule has 0 spiro atoms. The van der Waals surface area contributed by atoms with E-state index >= 15 is 0 Å². The maximum Gasteiger partial charge on any atom is -0.0238 e. The fraction of sp³-hybridized carbons (Fsp3) is 0.333. The first-order valence-corrected chi connectivity index (χ1v) is 4.52. The van der Waals surface area contributed by atoms with Crippen LogP contribution in [-0.4, -0.2) is 0 Å². The Balaban J connectivity index is 0.000000561. The molecule has 0 N–H and O–H groups in total. The van der Waals surface area contributed by atoms with Gasteiger partial charge in [0.1, 0.15) is 0 Å². The summed E-state index contributed by atoms with van der Waals surface area (Å²) < 4.78 is 0. The van der Waals surface area contributed by atoms with Crippen LogP contribution in [0.1, 0.15) is 26.7 Å². The minimum atomic E-state index is 1.11. The molecule has 0 aromatic carbocycles. The van der Waals surface area contributed by atoms with Gasteiger partial charge in [-0.3, -0.25) is 0 Å². The van der Waals surface area contributed by atoms with Crippen molar-refractivity contribution in [3.63, 3.8) is 0 Å². The first kappa shape index (κ1) is 11.0. The van der Waals surface area contributed by atoms with Crippen LogP contribution in [0.5, 0.6) is 0 Å². The van der Waals surface area contributed by atoms with Crippen molar-refractivity contribution in [2.75, 3.05) is 0 Å². The molecule has 0 bridgehead atoms. The van der Waals surface area contributed by atoms with Gasteiger partial charge in [-0.25, -0.2) is 0 Å². The highest BCUT2D eigenvalue weighted by Gasteiger charge is 2.01. The van der Waals surface area contributed by atoms with Crippen molar-refractivity contribution in [3.05, 3.63) is 48.6 Å². The molecule has 0 radical (unpaired) electrons. The van der Waals surface area contributed by atoms with Crippen LogP contribution < -0.4 is 0 Å². The largest absolute Gasteiger partial charge is 0.0991 e. The van der Waals surface area contributed by atoms with Crippen molar-refractivity contribution in [1.29, 1.82) is 0 Å². The molecule has 66 valence electrons. The molecular weight excluding hydrogens is 144 g/mol. The van der Waals surface area contributed by atoms with Crippen LogP contribution in [0.15, 0.2) is 48.6 Å². The second-order valence-corrected chi connectivity index (χ2v) is 2.39. The Morgan fingerprint density at radius 2 is 2.08 bits per heavy atom. The molecule has 12 heavy (non-hydrogen) atoms. The standard InChI is InChI=1S/C10H12.C2H6/c1-3-6-10-8-5-4-7-9(10)2;1-2/h3-4,6-7H,1-2,5,8H2;1-2H3/b10-6-;. The lowest BCUT2D eigenvalue weighted by molar-refractivity contribution is 0.970. The molecule has 0 atom stereocenters. The monoisotopic (exact) mass is 162 g/mol. The Kier molecular flexibility index (Phi) is 6.08. The van der Waals surface area contributed by atoms with Crippen LogP contribution >= 0.6 is 0 Å². The lowest BCUT2D eigenvalue weighted by atomic mass is 9.96. The van der Waals surface area contributed by atoms with E-state index in [0.29, 0.717) is 0 Å². The Morgan fingerprint density at radius 3 is 2.58 bits per heavy atom. The summed E-state index contributed by atoms with van der Waals surface area (Å²) in [6.07, 6.45) is 10.3. The molecule has 1 aliphatic carbocycles. The summed E-state index contributed by atoms with van der Waals surface area (Å²) in [5.74, 6) is 0. The average Bonchev–Trinajstić information content (AvgIpc) is 2.13. The number of hydrogen-bond acceptors (Lipinski definition) is 0. The summed E-state index contributed by atoms with van der Waals surface area (Å²) in [5.41, 5.74) is 2.45. The van der Waals surface area contributed by atoms with E-state index in [1.807, 2.05) is 26.0 Å². The van der Waals surface area contributed by atoms with Gasteiger partial charge < -0.3 is 0 Å². The minimum absolute atomic E-state index is 1.11. The molecule has 1 rings (SSSR count). The molecule has 0 saturated heterocycles. The van der Waals surface area contributed by atoms with Crippen LogP contribution in [0.3, 0.4) is 0 Å². The smallest absolute Gasteiger partial charge is 0.0238 e. The number of rotatable bonds is 1. The van der Waals surface area contributed by atoms with Crippen molar-refractivity contribution in [1.82, 2.24) is 0 Å². The van der Waals surface area contributed by atoms with Crippen LogP contribution in [0.2, 0.25) is 0 Å². The summed E-state index contributed by atoms with van der Waals surface area (Å²) in [7, 11) is 0. The third-order valence-electron chi connectivity index (χ3n) is 1.63.